The van der Waals surface area contributed by atoms with E-state index in [0.717, 1.165) is 29.6 Å². The third kappa shape index (κ3) is 5.01. The van der Waals surface area contributed by atoms with Crippen molar-refractivity contribution in [1.82, 2.24) is 15.3 Å². The summed E-state index contributed by atoms with van der Waals surface area (Å²) in [5, 5.41) is 4.52. The second-order valence-corrected chi connectivity index (χ2v) is 5.63. The molecular weight excluding hydrogens is 254 g/mol. The molecule has 2 heterocycles. The van der Waals surface area contributed by atoms with E-state index in [1.54, 1.807) is 18.0 Å². The molecule has 0 unspecified atom stereocenters. The predicted octanol–water partition coefficient (Wildman–Crippen LogP) is 2.98. The highest BCUT2D eigenvalue weighted by Gasteiger charge is 1.98. The molecule has 2 rings (SSSR count). The molecule has 0 spiro atoms. The number of aryl methyl sites for hydroxylation is 2. The summed E-state index contributed by atoms with van der Waals surface area (Å²) in [5.74, 6) is 1.02. The van der Waals surface area contributed by atoms with E-state index >= 15 is 0 Å². The van der Waals surface area contributed by atoms with Gasteiger partial charge in [0.05, 0.1) is 5.03 Å². The zero-order valence-corrected chi connectivity index (χ0v) is 12.2. The predicted molar refractivity (Wildman–Crippen MR) is 80.4 cm³/mol. The van der Waals surface area contributed by atoms with E-state index in [1.807, 2.05) is 19.2 Å². The number of pyridine rings is 2. The highest BCUT2D eigenvalue weighted by molar-refractivity contribution is 7.99. The van der Waals surface area contributed by atoms with Gasteiger partial charge in [0.25, 0.3) is 0 Å². The molecule has 0 aliphatic heterocycles. The molecule has 3 nitrogen and oxygen atoms in total. The summed E-state index contributed by atoms with van der Waals surface area (Å²) in [7, 11) is 0. The summed E-state index contributed by atoms with van der Waals surface area (Å²) in [5.41, 5.74) is 3.58. The Bertz CT molecular complexity index is 494. The highest BCUT2D eigenvalue weighted by atomic mass is 32.2. The van der Waals surface area contributed by atoms with E-state index in [-0.39, 0.29) is 0 Å². The van der Waals surface area contributed by atoms with Crippen LogP contribution in [0.5, 0.6) is 0 Å². The lowest BCUT2D eigenvalue weighted by molar-refractivity contribution is 0.729. The monoisotopic (exact) mass is 273 g/mol. The van der Waals surface area contributed by atoms with Gasteiger partial charge in [0.1, 0.15) is 0 Å². The minimum Gasteiger partial charge on any atom is -0.312 e. The molecule has 0 radical (unpaired) electrons. The van der Waals surface area contributed by atoms with Gasteiger partial charge in [-0.05, 0) is 43.2 Å². The van der Waals surface area contributed by atoms with E-state index in [2.05, 4.69) is 40.4 Å². The highest BCUT2D eigenvalue weighted by Crippen LogP contribution is 2.16. The van der Waals surface area contributed by atoms with Gasteiger partial charge in [-0.25, -0.2) is 4.98 Å². The van der Waals surface area contributed by atoms with Crippen molar-refractivity contribution in [3.05, 3.63) is 53.5 Å². The first-order valence-electron chi connectivity index (χ1n) is 6.42. The fourth-order valence-electron chi connectivity index (χ4n) is 1.84. The molecule has 0 fully saturated rings. The maximum absolute atomic E-state index is 4.52. The first kappa shape index (κ1) is 14.0. The van der Waals surface area contributed by atoms with Crippen LogP contribution >= 0.6 is 11.8 Å². The molecule has 0 amide bonds. The number of nitrogens with zero attached hydrogens (tertiary/aromatic N) is 2. The van der Waals surface area contributed by atoms with Gasteiger partial charge in [-0.2, -0.15) is 0 Å². The van der Waals surface area contributed by atoms with Crippen molar-refractivity contribution < 1.29 is 0 Å². The normalized spacial score (nSPS) is 10.6. The Morgan fingerprint density at radius 3 is 2.89 bits per heavy atom. The summed E-state index contributed by atoms with van der Waals surface area (Å²) < 4.78 is 0. The van der Waals surface area contributed by atoms with Gasteiger partial charge in [-0.1, -0.05) is 6.07 Å². The van der Waals surface area contributed by atoms with Crippen LogP contribution in [0.1, 0.15) is 16.8 Å². The second kappa shape index (κ2) is 7.26. The quantitative estimate of drug-likeness (QED) is 0.648. The minimum absolute atomic E-state index is 0.870. The maximum Gasteiger partial charge on any atom is 0.0966 e. The topological polar surface area (TPSA) is 37.8 Å². The number of aromatic nitrogens is 2. The van der Waals surface area contributed by atoms with E-state index in [0.29, 0.717) is 0 Å². The molecule has 2 aromatic rings. The molecule has 4 heteroatoms. The van der Waals surface area contributed by atoms with Crippen molar-refractivity contribution in [1.29, 1.82) is 0 Å². The van der Waals surface area contributed by atoms with E-state index < -0.39 is 0 Å². The number of rotatable bonds is 6. The van der Waals surface area contributed by atoms with Gasteiger partial charge < -0.3 is 5.32 Å². The Kier molecular flexibility index (Phi) is 5.36. The van der Waals surface area contributed by atoms with E-state index in [1.165, 1.54) is 11.1 Å². The molecule has 0 bridgehead atoms. The number of thioether (sulfide) groups is 1. The van der Waals surface area contributed by atoms with Crippen molar-refractivity contribution in [3.8, 4) is 0 Å². The molecule has 0 aliphatic rings. The molecule has 0 saturated heterocycles. The summed E-state index contributed by atoms with van der Waals surface area (Å²) in [4.78, 5) is 8.61. The molecular formula is C15H19N3S. The van der Waals surface area contributed by atoms with Crippen LogP contribution in [0.15, 0.2) is 41.7 Å². The second-order valence-electron chi connectivity index (χ2n) is 4.51. The fraction of sp³-hybridized carbons (Fsp3) is 0.333. The summed E-state index contributed by atoms with van der Waals surface area (Å²) in [6.07, 6.45) is 3.69. The van der Waals surface area contributed by atoms with Crippen LogP contribution in [0, 0.1) is 13.8 Å². The maximum atomic E-state index is 4.52. The van der Waals surface area contributed by atoms with E-state index in [4.69, 9.17) is 0 Å². The van der Waals surface area contributed by atoms with Crippen LogP contribution in [-0.2, 0) is 6.54 Å². The molecule has 0 atom stereocenters. The number of hydrogen-bond acceptors (Lipinski definition) is 4. The molecule has 0 aromatic carbocycles. The average Bonchev–Trinajstić information content (AvgIpc) is 2.38. The lowest BCUT2D eigenvalue weighted by Crippen LogP contribution is -2.16. The van der Waals surface area contributed by atoms with Crippen molar-refractivity contribution in [2.24, 2.45) is 0 Å². The third-order valence-corrected chi connectivity index (χ3v) is 3.57. The van der Waals surface area contributed by atoms with Crippen LogP contribution in [0.25, 0.3) is 0 Å². The third-order valence-electron chi connectivity index (χ3n) is 2.65. The van der Waals surface area contributed by atoms with Crippen molar-refractivity contribution in [2.45, 2.75) is 25.4 Å². The number of nitrogens with one attached hydrogen (secondary N) is 1. The Balaban J connectivity index is 1.69. The van der Waals surface area contributed by atoms with Crippen LogP contribution in [0.3, 0.4) is 0 Å². The lowest BCUT2D eigenvalue weighted by Gasteiger charge is -2.05. The molecule has 2 aromatic heterocycles. The first-order valence-corrected chi connectivity index (χ1v) is 7.40. The first-order chi connectivity index (χ1) is 9.24. The minimum atomic E-state index is 0.870. The fourth-order valence-corrected chi connectivity index (χ4v) is 2.77. The smallest absolute Gasteiger partial charge is 0.0966 e. The Labute approximate surface area is 118 Å². The summed E-state index contributed by atoms with van der Waals surface area (Å²) >= 11 is 1.79. The number of hydrogen-bond donors (Lipinski definition) is 1. The van der Waals surface area contributed by atoms with Gasteiger partial charge >= 0.3 is 0 Å². The largest absolute Gasteiger partial charge is 0.312 e. The zero-order chi connectivity index (χ0) is 13.5. The van der Waals surface area contributed by atoms with Crippen molar-refractivity contribution in [2.75, 3.05) is 12.3 Å². The van der Waals surface area contributed by atoms with Crippen molar-refractivity contribution in [3.63, 3.8) is 0 Å². The SMILES string of the molecule is Cc1cc(C)nc(SCCNCc2cccnc2)c1. The molecule has 1 N–H and O–H groups in total. The molecule has 0 saturated carbocycles. The van der Waals surface area contributed by atoms with Crippen LogP contribution < -0.4 is 5.32 Å². The molecule has 0 aliphatic carbocycles. The molecule has 19 heavy (non-hydrogen) atoms. The van der Waals surface area contributed by atoms with Crippen LogP contribution in [0.4, 0.5) is 0 Å². The van der Waals surface area contributed by atoms with Crippen LogP contribution in [0.2, 0.25) is 0 Å². The Morgan fingerprint density at radius 1 is 1.26 bits per heavy atom. The standard InChI is InChI=1S/C15H19N3S/c1-12-8-13(2)18-15(9-12)19-7-6-17-11-14-4-3-5-16-10-14/h3-5,8-10,17H,6-7,11H2,1-2H3. The van der Waals surface area contributed by atoms with Gasteiger partial charge in [0, 0.05) is 36.9 Å². The Hall–Kier alpha value is -1.39. The van der Waals surface area contributed by atoms with Gasteiger partial charge in [-0.3, -0.25) is 4.98 Å². The van der Waals surface area contributed by atoms with E-state index in [9.17, 15) is 0 Å². The van der Waals surface area contributed by atoms with Gasteiger partial charge in [0.15, 0.2) is 0 Å². The average molecular weight is 273 g/mol. The summed E-state index contributed by atoms with van der Waals surface area (Å²) in [6.45, 7) is 5.99. The van der Waals surface area contributed by atoms with Gasteiger partial charge in [-0.15, -0.1) is 11.8 Å². The Morgan fingerprint density at radius 2 is 2.16 bits per heavy atom. The van der Waals surface area contributed by atoms with Crippen LogP contribution in [-0.4, -0.2) is 22.3 Å². The summed E-state index contributed by atoms with van der Waals surface area (Å²) in [6, 6.07) is 8.29. The van der Waals surface area contributed by atoms with Gasteiger partial charge in [0.2, 0.25) is 0 Å². The lowest BCUT2D eigenvalue weighted by atomic mass is 10.3. The zero-order valence-electron chi connectivity index (χ0n) is 11.4. The van der Waals surface area contributed by atoms with Crippen molar-refractivity contribution >= 4 is 11.8 Å². The molecule has 100 valence electrons.